The number of hydrogen-bond acceptors (Lipinski definition) is 3. The second-order valence-electron chi connectivity index (χ2n) is 5.59. The predicted molar refractivity (Wildman–Crippen MR) is 88.1 cm³/mol. The van der Waals surface area contributed by atoms with Crippen LogP contribution in [0.5, 0.6) is 0 Å². The summed E-state index contributed by atoms with van der Waals surface area (Å²) in [6.07, 6.45) is 8.06. The van der Waals surface area contributed by atoms with Gasteiger partial charge in [-0.1, -0.05) is 31.4 Å². The van der Waals surface area contributed by atoms with Crippen LogP contribution >= 0.6 is 12.4 Å². The van der Waals surface area contributed by atoms with E-state index in [2.05, 4.69) is 39.9 Å². The molecule has 21 heavy (non-hydrogen) atoms. The van der Waals surface area contributed by atoms with E-state index in [0.717, 1.165) is 37.1 Å². The molecule has 0 bridgehead atoms. The van der Waals surface area contributed by atoms with Crippen LogP contribution in [0.15, 0.2) is 29.3 Å². The molecule has 1 fully saturated rings. The fourth-order valence-electron chi connectivity index (χ4n) is 3.03. The fraction of sp³-hybridized carbons (Fsp3) is 0.562. The number of anilines is 1. The quantitative estimate of drug-likeness (QED) is 0.786. The molecule has 0 aromatic heterocycles. The molecule has 5 heteroatoms. The summed E-state index contributed by atoms with van der Waals surface area (Å²) < 4.78 is 0. The summed E-state index contributed by atoms with van der Waals surface area (Å²) in [6, 6.07) is 8.93. The van der Waals surface area contributed by atoms with Gasteiger partial charge in [0.1, 0.15) is 0 Å². The Kier molecular flexibility index (Phi) is 8.28. The van der Waals surface area contributed by atoms with Gasteiger partial charge in [0.25, 0.3) is 0 Å². The first kappa shape index (κ1) is 18.5. The zero-order valence-corrected chi connectivity index (χ0v) is 16.4. The molecule has 1 aliphatic heterocycles. The molecule has 2 N–H and O–H groups in total. The zero-order valence-electron chi connectivity index (χ0n) is 12.6. The number of benzene rings is 1. The second kappa shape index (κ2) is 9.43. The van der Waals surface area contributed by atoms with Gasteiger partial charge >= 0.3 is 0 Å². The Morgan fingerprint density at radius 2 is 1.71 bits per heavy atom. The number of guanidine groups is 1. The third-order valence-corrected chi connectivity index (χ3v) is 4.15. The van der Waals surface area contributed by atoms with Crippen molar-refractivity contribution in [3.63, 3.8) is 0 Å². The molecule has 3 nitrogen and oxygen atoms in total. The summed E-state index contributed by atoms with van der Waals surface area (Å²) in [4.78, 5) is 4.43. The van der Waals surface area contributed by atoms with E-state index in [4.69, 9.17) is 0 Å². The zero-order chi connectivity index (χ0) is 12.9. The number of aliphatic imine (C=N–C) groups is 1. The summed E-state index contributed by atoms with van der Waals surface area (Å²) in [5.74, 6) is 1.70. The Balaban J connectivity index is 0.00000110. The maximum Gasteiger partial charge on any atom is 0.195 e. The molecular weight excluding hydrogens is 335 g/mol. The Morgan fingerprint density at radius 1 is 1.00 bits per heavy atom. The van der Waals surface area contributed by atoms with Crippen LogP contribution in [-0.4, -0.2) is 19.0 Å². The average molecular weight is 359 g/mol. The Morgan fingerprint density at radius 3 is 2.33 bits per heavy atom. The molecule has 112 valence electrons. The van der Waals surface area contributed by atoms with Gasteiger partial charge in [-0.2, -0.15) is 0 Å². The van der Waals surface area contributed by atoms with Crippen molar-refractivity contribution in [3.05, 3.63) is 29.8 Å². The number of halogens is 1. The minimum Gasteiger partial charge on any atom is -0.356 e. The van der Waals surface area contributed by atoms with Gasteiger partial charge < -0.3 is 10.6 Å². The molecule has 1 heterocycles. The van der Waals surface area contributed by atoms with Gasteiger partial charge in [-0.25, -0.2) is 0 Å². The van der Waals surface area contributed by atoms with E-state index in [1.165, 1.54) is 37.7 Å². The molecule has 1 aromatic rings. The average Bonchev–Trinajstić information content (AvgIpc) is 2.50. The molecule has 0 spiro atoms. The molecule has 0 unspecified atom stereocenters. The molecular formula is C16H24ClN3Zn. The molecule has 1 saturated carbocycles. The van der Waals surface area contributed by atoms with Crippen LogP contribution in [0.3, 0.4) is 0 Å². The maximum absolute atomic E-state index is 4.43. The van der Waals surface area contributed by atoms with Crippen LogP contribution in [0.25, 0.3) is 0 Å². The van der Waals surface area contributed by atoms with Gasteiger partial charge in [-0.05, 0) is 42.9 Å². The van der Waals surface area contributed by atoms with Gasteiger partial charge in [0.05, 0.1) is 0 Å². The Labute approximate surface area is 146 Å². The van der Waals surface area contributed by atoms with Gasteiger partial charge in [-0.15, -0.1) is 12.4 Å². The molecule has 2 aliphatic rings. The second-order valence-corrected chi connectivity index (χ2v) is 5.59. The van der Waals surface area contributed by atoms with Crippen molar-refractivity contribution in [2.24, 2.45) is 4.99 Å². The molecule has 0 atom stereocenters. The summed E-state index contributed by atoms with van der Waals surface area (Å²) in [5.41, 5.74) is 2.64. The van der Waals surface area contributed by atoms with Crippen molar-refractivity contribution in [1.29, 1.82) is 0 Å². The summed E-state index contributed by atoms with van der Waals surface area (Å²) in [6.45, 7) is 1.95. The van der Waals surface area contributed by atoms with Gasteiger partial charge in [0.2, 0.25) is 0 Å². The first-order chi connectivity index (χ1) is 9.42. The smallest absolute Gasteiger partial charge is 0.195 e. The van der Waals surface area contributed by atoms with Crippen LogP contribution in [0, 0.1) is 0 Å². The van der Waals surface area contributed by atoms with Crippen molar-refractivity contribution >= 4 is 24.1 Å². The van der Waals surface area contributed by atoms with Crippen molar-refractivity contribution in [1.82, 2.24) is 5.32 Å². The van der Waals surface area contributed by atoms with E-state index >= 15 is 0 Å². The van der Waals surface area contributed by atoms with Crippen LogP contribution in [0.2, 0.25) is 0 Å². The molecule has 3 rings (SSSR count). The summed E-state index contributed by atoms with van der Waals surface area (Å²) in [7, 11) is 0. The first-order valence-electron chi connectivity index (χ1n) is 7.57. The molecule has 0 amide bonds. The fourth-order valence-corrected chi connectivity index (χ4v) is 3.03. The number of nitrogens with zero attached hydrogens (tertiary/aromatic N) is 1. The number of hydrogen-bond donors (Lipinski definition) is 2. The SMILES string of the molecule is Cl.[Zn].c1cc(C2CCCCC2)ccc1NC1=NCCCN1. The van der Waals surface area contributed by atoms with Crippen molar-refractivity contribution < 1.29 is 19.5 Å². The molecule has 1 aliphatic carbocycles. The van der Waals surface area contributed by atoms with Crippen LogP contribution in [0.4, 0.5) is 5.69 Å². The number of rotatable bonds is 2. The van der Waals surface area contributed by atoms with E-state index in [0.29, 0.717) is 0 Å². The van der Waals surface area contributed by atoms with Gasteiger partial charge in [0.15, 0.2) is 5.96 Å². The van der Waals surface area contributed by atoms with E-state index in [1.807, 2.05) is 0 Å². The summed E-state index contributed by atoms with van der Waals surface area (Å²) >= 11 is 0. The molecule has 1 aromatic carbocycles. The number of nitrogens with one attached hydrogen (secondary N) is 2. The maximum atomic E-state index is 4.43. The Bertz CT molecular complexity index is 441. The largest absolute Gasteiger partial charge is 0.356 e. The Hall–Kier alpha value is -0.597. The van der Waals surface area contributed by atoms with Gasteiger partial charge in [0, 0.05) is 38.3 Å². The minimum absolute atomic E-state index is 0. The third-order valence-electron chi connectivity index (χ3n) is 4.15. The normalized spacial score (nSPS) is 18.6. The van der Waals surface area contributed by atoms with E-state index in [1.54, 1.807) is 0 Å². The van der Waals surface area contributed by atoms with E-state index in [9.17, 15) is 0 Å². The predicted octanol–water partition coefficient (Wildman–Crippen LogP) is 3.91. The molecule has 0 saturated heterocycles. The van der Waals surface area contributed by atoms with Crippen LogP contribution in [0.1, 0.15) is 50.0 Å². The standard InChI is InChI=1S/C16H23N3.ClH.Zn/c1-2-5-13(6-3-1)14-7-9-15(10-8-14)19-16-17-11-4-12-18-16;;/h7-10,13H,1-6,11-12H2,(H2,17,18,19);1H;. The van der Waals surface area contributed by atoms with Crippen molar-refractivity contribution in [2.75, 3.05) is 18.4 Å². The monoisotopic (exact) mass is 357 g/mol. The van der Waals surface area contributed by atoms with Crippen molar-refractivity contribution in [2.45, 2.75) is 44.4 Å². The van der Waals surface area contributed by atoms with Crippen molar-refractivity contribution in [3.8, 4) is 0 Å². The van der Waals surface area contributed by atoms with E-state index in [-0.39, 0.29) is 31.9 Å². The van der Waals surface area contributed by atoms with E-state index < -0.39 is 0 Å². The van der Waals surface area contributed by atoms with Crippen LogP contribution in [-0.2, 0) is 19.5 Å². The summed E-state index contributed by atoms with van der Waals surface area (Å²) in [5, 5.41) is 6.63. The van der Waals surface area contributed by atoms with Gasteiger partial charge in [-0.3, -0.25) is 4.99 Å². The minimum atomic E-state index is 0. The molecule has 0 radical (unpaired) electrons. The van der Waals surface area contributed by atoms with Crippen LogP contribution < -0.4 is 10.6 Å². The third kappa shape index (κ3) is 5.27. The first-order valence-corrected chi connectivity index (χ1v) is 7.57. The topological polar surface area (TPSA) is 36.4 Å².